The van der Waals surface area contributed by atoms with E-state index in [2.05, 4.69) is 10.3 Å². The van der Waals surface area contributed by atoms with Gasteiger partial charge in [-0.05, 0) is 13.8 Å². The van der Waals surface area contributed by atoms with Gasteiger partial charge in [0.05, 0.1) is 6.61 Å². The number of hydrogen-bond acceptors (Lipinski definition) is 4. The zero-order valence-electron chi connectivity index (χ0n) is 9.36. The molecule has 0 aliphatic heterocycles. The molecule has 0 bridgehead atoms. The topological polar surface area (TPSA) is 84.2 Å². The molecule has 16 heavy (non-hydrogen) atoms. The van der Waals surface area contributed by atoms with Gasteiger partial charge >= 0.3 is 0 Å². The van der Waals surface area contributed by atoms with Crippen LogP contribution in [0, 0.1) is 13.8 Å². The summed E-state index contributed by atoms with van der Waals surface area (Å²) in [6, 6.07) is 1.38. The van der Waals surface area contributed by atoms with Gasteiger partial charge in [-0.3, -0.25) is 14.2 Å². The summed E-state index contributed by atoms with van der Waals surface area (Å²) in [6.07, 6.45) is 0. The van der Waals surface area contributed by atoms with Crippen LogP contribution in [0.2, 0.25) is 0 Å². The van der Waals surface area contributed by atoms with Crippen LogP contribution in [-0.2, 0) is 11.3 Å². The Morgan fingerprint density at radius 1 is 1.56 bits per heavy atom. The van der Waals surface area contributed by atoms with Crippen LogP contribution >= 0.6 is 0 Å². The Morgan fingerprint density at radius 3 is 2.81 bits per heavy atom. The molecule has 1 aromatic heterocycles. The van der Waals surface area contributed by atoms with Crippen LogP contribution in [0.5, 0.6) is 0 Å². The molecule has 1 heterocycles. The summed E-state index contributed by atoms with van der Waals surface area (Å²) in [5.41, 5.74) is 0.388. The average molecular weight is 225 g/mol. The van der Waals surface area contributed by atoms with E-state index in [0.717, 1.165) is 0 Å². The Kier molecular flexibility index (Phi) is 4.19. The number of hydrogen-bond donors (Lipinski definition) is 2. The molecule has 0 aliphatic carbocycles. The van der Waals surface area contributed by atoms with E-state index in [0.29, 0.717) is 11.5 Å². The molecule has 0 aromatic carbocycles. The van der Waals surface area contributed by atoms with Crippen molar-refractivity contribution < 1.29 is 9.90 Å². The standard InChI is InChI=1S/C10H15N3O3/c1-7-5-10(16)13(8(2)12-7)6-9(15)11-3-4-14/h5,14H,3-4,6H2,1-2H3,(H,11,15). The smallest absolute Gasteiger partial charge is 0.254 e. The highest BCUT2D eigenvalue weighted by molar-refractivity contribution is 5.75. The van der Waals surface area contributed by atoms with Crippen molar-refractivity contribution in [2.24, 2.45) is 0 Å². The molecule has 0 atom stereocenters. The van der Waals surface area contributed by atoms with E-state index < -0.39 is 0 Å². The monoisotopic (exact) mass is 225 g/mol. The minimum atomic E-state index is -0.315. The van der Waals surface area contributed by atoms with Crippen molar-refractivity contribution in [2.75, 3.05) is 13.2 Å². The highest BCUT2D eigenvalue weighted by Crippen LogP contribution is 1.93. The van der Waals surface area contributed by atoms with Crippen molar-refractivity contribution in [1.29, 1.82) is 0 Å². The molecule has 0 radical (unpaired) electrons. The molecule has 6 nitrogen and oxygen atoms in total. The summed E-state index contributed by atoms with van der Waals surface area (Å²) in [7, 11) is 0. The van der Waals surface area contributed by atoms with Gasteiger partial charge in [0.25, 0.3) is 5.56 Å². The van der Waals surface area contributed by atoms with Gasteiger partial charge in [-0.2, -0.15) is 0 Å². The molecular weight excluding hydrogens is 210 g/mol. The Bertz CT molecular complexity index is 439. The van der Waals surface area contributed by atoms with Crippen molar-refractivity contribution >= 4 is 5.91 Å². The lowest BCUT2D eigenvalue weighted by molar-refractivity contribution is -0.121. The number of aryl methyl sites for hydroxylation is 2. The van der Waals surface area contributed by atoms with Crippen LogP contribution in [0.1, 0.15) is 11.5 Å². The molecule has 88 valence electrons. The number of carbonyl (C=O) groups excluding carboxylic acids is 1. The molecule has 0 fully saturated rings. The molecule has 0 saturated carbocycles. The first-order valence-electron chi connectivity index (χ1n) is 4.97. The summed E-state index contributed by atoms with van der Waals surface area (Å²) in [6.45, 7) is 3.40. The summed E-state index contributed by atoms with van der Waals surface area (Å²) >= 11 is 0. The molecule has 0 aliphatic rings. The third-order valence-corrected chi connectivity index (χ3v) is 2.06. The fraction of sp³-hybridized carbons (Fsp3) is 0.500. The number of nitrogens with one attached hydrogen (secondary N) is 1. The summed E-state index contributed by atoms with van der Waals surface area (Å²) in [5.74, 6) is 0.189. The van der Waals surface area contributed by atoms with Crippen molar-refractivity contribution in [3.8, 4) is 0 Å². The van der Waals surface area contributed by atoms with Crippen LogP contribution in [0.15, 0.2) is 10.9 Å². The lowest BCUT2D eigenvalue weighted by atomic mass is 10.4. The predicted octanol–water partition coefficient (Wildman–Crippen LogP) is -1.03. The number of aromatic nitrogens is 2. The van der Waals surface area contributed by atoms with Crippen molar-refractivity contribution in [1.82, 2.24) is 14.9 Å². The summed E-state index contributed by atoms with van der Waals surface area (Å²) in [5, 5.41) is 11.0. The number of aliphatic hydroxyl groups excluding tert-OH is 1. The Labute approximate surface area is 92.9 Å². The van der Waals surface area contributed by atoms with Gasteiger partial charge in [0.2, 0.25) is 5.91 Å². The maximum atomic E-state index is 11.6. The Balaban J connectivity index is 2.81. The van der Waals surface area contributed by atoms with Crippen LogP contribution in [-0.4, -0.2) is 33.7 Å². The van der Waals surface area contributed by atoms with Gasteiger partial charge in [-0.25, -0.2) is 4.98 Å². The lowest BCUT2D eigenvalue weighted by Crippen LogP contribution is -2.35. The van der Waals surface area contributed by atoms with Gasteiger partial charge in [-0.1, -0.05) is 0 Å². The largest absolute Gasteiger partial charge is 0.395 e. The molecule has 1 amide bonds. The second-order valence-corrected chi connectivity index (χ2v) is 3.44. The quantitative estimate of drug-likeness (QED) is 0.686. The first-order chi connectivity index (χ1) is 7.54. The zero-order chi connectivity index (χ0) is 12.1. The summed E-state index contributed by atoms with van der Waals surface area (Å²) < 4.78 is 1.29. The molecule has 0 saturated heterocycles. The maximum absolute atomic E-state index is 11.6. The number of amides is 1. The Hall–Kier alpha value is -1.69. The minimum Gasteiger partial charge on any atom is -0.395 e. The first kappa shape index (κ1) is 12.4. The predicted molar refractivity (Wildman–Crippen MR) is 58.1 cm³/mol. The molecule has 0 unspecified atom stereocenters. The fourth-order valence-electron chi connectivity index (χ4n) is 1.35. The van der Waals surface area contributed by atoms with E-state index in [1.54, 1.807) is 13.8 Å². The number of carbonyl (C=O) groups is 1. The Morgan fingerprint density at radius 2 is 2.25 bits per heavy atom. The van der Waals surface area contributed by atoms with Crippen LogP contribution < -0.4 is 10.9 Å². The van der Waals surface area contributed by atoms with E-state index in [1.165, 1.54) is 10.6 Å². The van der Waals surface area contributed by atoms with E-state index in [4.69, 9.17) is 5.11 Å². The van der Waals surface area contributed by atoms with Gasteiger partial charge in [0.1, 0.15) is 12.4 Å². The normalized spacial score (nSPS) is 10.2. The second kappa shape index (κ2) is 5.41. The molecular formula is C10H15N3O3. The van der Waals surface area contributed by atoms with Gasteiger partial charge < -0.3 is 10.4 Å². The third kappa shape index (κ3) is 3.16. The molecule has 1 aromatic rings. The molecule has 2 N–H and O–H groups in total. The highest BCUT2D eigenvalue weighted by atomic mass is 16.3. The van der Waals surface area contributed by atoms with Crippen LogP contribution in [0.25, 0.3) is 0 Å². The van der Waals surface area contributed by atoms with E-state index in [-0.39, 0.29) is 31.2 Å². The van der Waals surface area contributed by atoms with Gasteiger partial charge in [0.15, 0.2) is 0 Å². The van der Waals surface area contributed by atoms with E-state index >= 15 is 0 Å². The van der Waals surface area contributed by atoms with Crippen molar-refractivity contribution in [3.05, 3.63) is 27.9 Å². The zero-order valence-corrected chi connectivity index (χ0v) is 9.36. The van der Waals surface area contributed by atoms with Crippen LogP contribution in [0.3, 0.4) is 0 Å². The maximum Gasteiger partial charge on any atom is 0.254 e. The average Bonchev–Trinajstić information content (AvgIpc) is 2.20. The number of nitrogens with zero attached hydrogens (tertiary/aromatic N) is 2. The molecule has 1 rings (SSSR count). The molecule has 6 heteroatoms. The molecule has 0 spiro atoms. The van der Waals surface area contributed by atoms with Crippen molar-refractivity contribution in [2.45, 2.75) is 20.4 Å². The summed E-state index contributed by atoms with van der Waals surface area (Å²) in [4.78, 5) is 27.0. The fourth-order valence-corrected chi connectivity index (χ4v) is 1.35. The van der Waals surface area contributed by atoms with E-state index in [9.17, 15) is 9.59 Å². The minimum absolute atomic E-state index is 0.0715. The van der Waals surface area contributed by atoms with Crippen molar-refractivity contribution in [3.63, 3.8) is 0 Å². The number of rotatable bonds is 4. The first-order valence-corrected chi connectivity index (χ1v) is 4.97. The SMILES string of the molecule is Cc1cc(=O)n(CC(=O)NCCO)c(C)n1. The second-order valence-electron chi connectivity index (χ2n) is 3.44. The highest BCUT2D eigenvalue weighted by Gasteiger charge is 2.07. The number of aliphatic hydroxyl groups is 1. The van der Waals surface area contributed by atoms with E-state index in [1.807, 2.05) is 0 Å². The van der Waals surface area contributed by atoms with Gasteiger partial charge in [-0.15, -0.1) is 0 Å². The third-order valence-electron chi connectivity index (χ3n) is 2.06. The lowest BCUT2D eigenvalue weighted by Gasteiger charge is -2.09. The van der Waals surface area contributed by atoms with Crippen LogP contribution in [0.4, 0.5) is 0 Å². The van der Waals surface area contributed by atoms with Gasteiger partial charge in [0, 0.05) is 18.3 Å².